The number of anilines is 1. The molecule has 2 aromatic rings. The number of halogens is 3. The highest BCUT2D eigenvalue weighted by molar-refractivity contribution is 9.10. The quantitative estimate of drug-likeness (QED) is 0.837. The molecule has 2 aromatic carbocycles. The van der Waals surface area contributed by atoms with Crippen LogP contribution >= 0.6 is 15.9 Å². The maximum absolute atomic E-state index is 12.5. The van der Waals surface area contributed by atoms with Crippen LogP contribution in [0.4, 0.5) is 14.5 Å². The van der Waals surface area contributed by atoms with Crippen molar-refractivity contribution in [1.82, 2.24) is 0 Å². The van der Waals surface area contributed by atoms with Crippen molar-refractivity contribution >= 4 is 21.6 Å². The molecule has 2 nitrogen and oxygen atoms in total. The van der Waals surface area contributed by atoms with E-state index in [2.05, 4.69) is 21.2 Å². The van der Waals surface area contributed by atoms with E-state index in [4.69, 9.17) is 0 Å². The lowest BCUT2D eigenvalue weighted by Gasteiger charge is -2.18. The minimum Gasteiger partial charge on any atom is -0.394 e. The molecule has 0 bridgehead atoms. The molecule has 2 rings (SSSR count). The standard InChI is InChI=1S/C15H14BrF2NO/c16-12-5-7-13(8-6-12)19-14(9-20)10-1-3-11(4-2-10)15(17)18/h1-8,14-15,19-20H,9H2. The number of hydrogen-bond acceptors (Lipinski definition) is 2. The second-order valence-corrected chi connectivity index (χ2v) is 5.27. The Balaban J connectivity index is 2.13. The van der Waals surface area contributed by atoms with Gasteiger partial charge < -0.3 is 10.4 Å². The molecule has 5 heteroatoms. The molecule has 0 saturated carbocycles. The Morgan fingerprint density at radius 1 is 0.950 bits per heavy atom. The minimum absolute atomic E-state index is 0.0194. The SMILES string of the molecule is OCC(Nc1ccc(Br)cc1)c1ccc(C(F)F)cc1. The van der Waals surface area contributed by atoms with Gasteiger partial charge in [-0.15, -0.1) is 0 Å². The number of rotatable bonds is 5. The molecule has 0 aliphatic heterocycles. The van der Waals surface area contributed by atoms with Gasteiger partial charge in [0.15, 0.2) is 0 Å². The molecule has 106 valence electrons. The van der Waals surface area contributed by atoms with E-state index in [-0.39, 0.29) is 18.2 Å². The summed E-state index contributed by atoms with van der Waals surface area (Å²) in [6.07, 6.45) is -2.48. The van der Waals surface area contributed by atoms with Crippen LogP contribution in [0.25, 0.3) is 0 Å². The summed E-state index contributed by atoms with van der Waals surface area (Å²) in [5.41, 5.74) is 1.60. The van der Waals surface area contributed by atoms with Crippen molar-refractivity contribution in [3.8, 4) is 0 Å². The molecule has 2 N–H and O–H groups in total. The topological polar surface area (TPSA) is 32.3 Å². The summed E-state index contributed by atoms with van der Waals surface area (Å²) in [4.78, 5) is 0. The van der Waals surface area contributed by atoms with Crippen LogP contribution in [0.15, 0.2) is 53.0 Å². The third kappa shape index (κ3) is 3.77. The van der Waals surface area contributed by atoms with Crippen LogP contribution in [0.2, 0.25) is 0 Å². The Morgan fingerprint density at radius 2 is 1.50 bits per heavy atom. The van der Waals surface area contributed by atoms with Crippen LogP contribution in [0.5, 0.6) is 0 Å². The molecule has 0 heterocycles. The van der Waals surface area contributed by atoms with Crippen molar-refractivity contribution in [2.24, 2.45) is 0 Å². The first-order valence-corrected chi connectivity index (χ1v) is 6.90. The van der Waals surface area contributed by atoms with Gasteiger partial charge in [-0.1, -0.05) is 40.2 Å². The molecule has 0 aliphatic carbocycles. The summed E-state index contributed by atoms with van der Waals surface area (Å²) in [5.74, 6) is 0. The van der Waals surface area contributed by atoms with Gasteiger partial charge in [0, 0.05) is 15.7 Å². The summed E-state index contributed by atoms with van der Waals surface area (Å²) < 4.78 is 26.0. The van der Waals surface area contributed by atoms with Gasteiger partial charge in [0.05, 0.1) is 12.6 Å². The van der Waals surface area contributed by atoms with E-state index in [1.165, 1.54) is 12.1 Å². The molecule has 1 atom stereocenters. The molecule has 0 fully saturated rings. The fraction of sp³-hybridized carbons (Fsp3) is 0.200. The number of aliphatic hydroxyl groups is 1. The van der Waals surface area contributed by atoms with Crippen LogP contribution < -0.4 is 5.32 Å². The average molecular weight is 342 g/mol. The minimum atomic E-state index is -2.48. The number of benzene rings is 2. The zero-order valence-electron chi connectivity index (χ0n) is 10.6. The molecule has 0 aromatic heterocycles. The summed E-state index contributed by atoms with van der Waals surface area (Å²) >= 11 is 3.35. The maximum atomic E-state index is 12.5. The first-order valence-electron chi connectivity index (χ1n) is 6.11. The molecular weight excluding hydrogens is 328 g/mol. The van der Waals surface area contributed by atoms with Crippen molar-refractivity contribution in [3.63, 3.8) is 0 Å². The highest BCUT2D eigenvalue weighted by Crippen LogP contribution is 2.24. The van der Waals surface area contributed by atoms with Gasteiger partial charge in [-0.05, 0) is 29.8 Å². The maximum Gasteiger partial charge on any atom is 0.263 e. The summed E-state index contributed by atoms with van der Waals surface area (Å²) in [6.45, 7) is -0.121. The van der Waals surface area contributed by atoms with Crippen LogP contribution in [0.1, 0.15) is 23.6 Å². The van der Waals surface area contributed by atoms with Crippen molar-refractivity contribution in [3.05, 3.63) is 64.1 Å². The Hall–Kier alpha value is -1.46. The molecule has 0 amide bonds. The van der Waals surface area contributed by atoms with Gasteiger partial charge in [-0.2, -0.15) is 0 Å². The molecule has 0 radical (unpaired) electrons. The predicted molar refractivity (Wildman–Crippen MR) is 79.0 cm³/mol. The Kier molecular flexibility index (Phi) is 5.09. The zero-order chi connectivity index (χ0) is 14.5. The molecule has 1 unspecified atom stereocenters. The van der Waals surface area contributed by atoms with Crippen molar-refractivity contribution < 1.29 is 13.9 Å². The zero-order valence-corrected chi connectivity index (χ0v) is 12.1. The monoisotopic (exact) mass is 341 g/mol. The summed E-state index contributed by atoms with van der Waals surface area (Å²) in [5, 5.41) is 12.6. The van der Waals surface area contributed by atoms with E-state index in [0.717, 1.165) is 15.7 Å². The second kappa shape index (κ2) is 6.81. The van der Waals surface area contributed by atoms with Gasteiger partial charge in [0.2, 0.25) is 0 Å². The molecule has 0 spiro atoms. The van der Waals surface area contributed by atoms with Crippen LogP contribution in [0.3, 0.4) is 0 Å². The number of aliphatic hydroxyl groups excluding tert-OH is 1. The van der Waals surface area contributed by atoms with Gasteiger partial charge >= 0.3 is 0 Å². The fourth-order valence-electron chi connectivity index (χ4n) is 1.86. The highest BCUT2D eigenvalue weighted by atomic mass is 79.9. The largest absolute Gasteiger partial charge is 0.394 e. The second-order valence-electron chi connectivity index (χ2n) is 4.35. The Morgan fingerprint density at radius 3 is 2.00 bits per heavy atom. The van der Waals surface area contributed by atoms with E-state index in [0.29, 0.717) is 0 Å². The number of nitrogens with one attached hydrogen (secondary N) is 1. The Bertz CT molecular complexity index is 543. The van der Waals surface area contributed by atoms with E-state index < -0.39 is 6.43 Å². The van der Waals surface area contributed by atoms with Gasteiger partial charge in [-0.25, -0.2) is 8.78 Å². The molecule has 0 saturated heterocycles. The fourth-order valence-corrected chi connectivity index (χ4v) is 2.12. The van der Waals surface area contributed by atoms with E-state index in [1.807, 2.05) is 24.3 Å². The predicted octanol–water partition coefficient (Wildman–Crippen LogP) is 4.53. The van der Waals surface area contributed by atoms with Gasteiger partial charge in [0.25, 0.3) is 6.43 Å². The van der Waals surface area contributed by atoms with Crippen LogP contribution in [0, 0.1) is 0 Å². The summed E-state index contributed by atoms with van der Waals surface area (Å²) in [6, 6.07) is 13.2. The molecule has 0 aliphatic rings. The normalized spacial score (nSPS) is 12.4. The third-order valence-corrected chi connectivity index (χ3v) is 3.49. The number of alkyl halides is 2. The lowest BCUT2D eigenvalue weighted by atomic mass is 10.0. The van der Waals surface area contributed by atoms with Crippen molar-refractivity contribution in [2.45, 2.75) is 12.5 Å². The number of hydrogen-bond donors (Lipinski definition) is 2. The van der Waals surface area contributed by atoms with Gasteiger partial charge in [-0.3, -0.25) is 0 Å². The lowest BCUT2D eigenvalue weighted by molar-refractivity contribution is 0.151. The van der Waals surface area contributed by atoms with Crippen molar-refractivity contribution in [1.29, 1.82) is 0 Å². The van der Waals surface area contributed by atoms with Gasteiger partial charge in [0.1, 0.15) is 0 Å². The van der Waals surface area contributed by atoms with Crippen LogP contribution in [-0.2, 0) is 0 Å². The van der Waals surface area contributed by atoms with E-state index in [1.54, 1.807) is 12.1 Å². The van der Waals surface area contributed by atoms with Crippen molar-refractivity contribution in [2.75, 3.05) is 11.9 Å². The average Bonchev–Trinajstić information content (AvgIpc) is 2.47. The smallest absolute Gasteiger partial charge is 0.263 e. The van der Waals surface area contributed by atoms with E-state index in [9.17, 15) is 13.9 Å². The lowest BCUT2D eigenvalue weighted by Crippen LogP contribution is -2.14. The molecule has 20 heavy (non-hydrogen) atoms. The van der Waals surface area contributed by atoms with E-state index >= 15 is 0 Å². The summed E-state index contributed by atoms with van der Waals surface area (Å²) in [7, 11) is 0. The third-order valence-electron chi connectivity index (χ3n) is 2.96. The Labute approximate surface area is 124 Å². The molecular formula is C15H14BrF2NO. The van der Waals surface area contributed by atoms with Crippen LogP contribution in [-0.4, -0.2) is 11.7 Å². The first-order chi connectivity index (χ1) is 9.60. The first kappa shape index (κ1) is 14.9. The highest BCUT2D eigenvalue weighted by Gasteiger charge is 2.12.